The van der Waals surface area contributed by atoms with Crippen LogP contribution in [0.4, 0.5) is 5.82 Å². The lowest BCUT2D eigenvalue weighted by Crippen LogP contribution is -2.34. The van der Waals surface area contributed by atoms with Crippen molar-refractivity contribution in [2.45, 2.75) is 45.4 Å². The van der Waals surface area contributed by atoms with Crippen LogP contribution in [0.25, 0.3) is 10.2 Å². The molecule has 140 valence electrons. The normalized spacial score (nSPS) is 23.1. The molecule has 0 N–H and O–H groups in total. The van der Waals surface area contributed by atoms with Crippen molar-refractivity contribution in [1.82, 2.24) is 14.9 Å². The quantitative estimate of drug-likeness (QED) is 0.823. The van der Waals surface area contributed by atoms with E-state index in [2.05, 4.69) is 23.6 Å². The van der Waals surface area contributed by atoms with Crippen molar-refractivity contribution in [3.05, 3.63) is 16.3 Å². The molecule has 0 aromatic carbocycles. The summed E-state index contributed by atoms with van der Waals surface area (Å²) in [5.74, 6) is 1.60. The fourth-order valence-corrected chi connectivity index (χ4v) is 5.42. The molecule has 0 saturated carbocycles. The molecule has 0 aliphatic carbocycles. The Kier molecular flexibility index (Phi) is 4.15. The zero-order valence-corrected chi connectivity index (χ0v) is 16.4. The minimum Gasteiger partial charge on any atom is -0.350 e. The number of aromatic nitrogens is 2. The SMILES string of the molecule is Cc1sc2nc(CN3CCCC3)nc(N3CCC4(C3)OCCO4)c2c1C. The number of aryl methyl sites for hydroxylation is 2. The number of hydrogen-bond donors (Lipinski definition) is 0. The highest BCUT2D eigenvalue weighted by atomic mass is 32.1. The number of rotatable bonds is 3. The van der Waals surface area contributed by atoms with Crippen LogP contribution in [0.2, 0.25) is 0 Å². The van der Waals surface area contributed by atoms with E-state index in [9.17, 15) is 0 Å². The third-order valence-electron chi connectivity index (χ3n) is 5.93. The summed E-state index contributed by atoms with van der Waals surface area (Å²) in [6, 6.07) is 0. The van der Waals surface area contributed by atoms with Crippen molar-refractivity contribution < 1.29 is 9.47 Å². The molecule has 3 fully saturated rings. The van der Waals surface area contributed by atoms with Gasteiger partial charge < -0.3 is 14.4 Å². The van der Waals surface area contributed by atoms with Gasteiger partial charge in [-0.3, -0.25) is 4.90 Å². The highest BCUT2D eigenvalue weighted by Gasteiger charge is 2.44. The van der Waals surface area contributed by atoms with Crippen LogP contribution in [0.5, 0.6) is 0 Å². The van der Waals surface area contributed by atoms with Crippen molar-refractivity contribution in [3.8, 4) is 0 Å². The van der Waals surface area contributed by atoms with E-state index in [-0.39, 0.29) is 0 Å². The van der Waals surface area contributed by atoms with Gasteiger partial charge in [0.25, 0.3) is 0 Å². The Hall–Kier alpha value is -1.28. The number of fused-ring (bicyclic) bond motifs is 1. The molecule has 3 saturated heterocycles. The summed E-state index contributed by atoms with van der Waals surface area (Å²) in [4.78, 5) is 17.2. The maximum atomic E-state index is 5.93. The van der Waals surface area contributed by atoms with E-state index in [1.807, 2.05) is 0 Å². The van der Waals surface area contributed by atoms with E-state index in [1.165, 1.54) is 28.7 Å². The van der Waals surface area contributed by atoms with Crippen LogP contribution >= 0.6 is 11.3 Å². The molecule has 26 heavy (non-hydrogen) atoms. The fourth-order valence-electron chi connectivity index (χ4n) is 4.38. The van der Waals surface area contributed by atoms with Crippen LogP contribution in [0.15, 0.2) is 0 Å². The summed E-state index contributed by atoms with van der Waals surface area (Å²) in [7, 11) is 0. The average molecular weight is 375 g/mol. The summed E-state index contributed by atoms with van der Waals surface area (Å²) < 4.78 is 11.9. The Bertz CT molecular complexity index is 825. The Labute approximate surface area is 158 Å². The molecule has 7 heteroatoms. The molecular weight excluding hydrogens is 348 g/mol. The van der Waals surface area contributed by atoms with Crippen LogP contribution in [-0.4, -0.2) is 60.0 Å². The van der Waals surface area contributed by atoms with Gasteiger partial charge >= 0.3 is 0 Å². The Balaban J connectivity index is 1.53. The topological polar surface area (TPSA) is 50.7 Å². The van der Waals surface area contributed by atoms with Gasteiger partial charge in [0.1, 0.15) is 16.5 Å². The molecule has 0 radical (unpaired) electrons. The number of anilines is 1. The van der Waals surface area contributed by atoms with E-state index < -0.39 is 5.79 Å². The maximum absolute atomic E-state index is 5.93. The van der Waals surface area contributed by atoms with Gasteiger partial charge in [0.2, 0.25) is 0 Å². The summed E-state index contributed by atoms with van der Waals surface area (Å²) in [5, 5.41) is 1.22. The molecule has 0 bridgehead atoms. The summed E-state index contributed by atoms with van der Waals surface area (Å²) in [5.41, 5.74) is 1.31. The van der Waals surface area contributed by atoms with Gasteiger partial charge in [-0.15, -0.1) is 11.3 Å². The molecule has 1 spiro atoms. The maximum Gasteiger partial charge on any atom is 0.187 e. The summed E-state index contributed by atoms with van der Waals surface area (Å²) in [6.07, 6.45) is 3.48. The first-order valence-electron chi connectivity index (χ1n) is 9.65. The molecule has 3 aliphatic rings. The molecule has 2 aromatic heterocycles. The van der Waals surface area contributed by atoms with Crippen molar-refractivity contribution in [2.75, 3.05) is 44.3 Å². The number of hydrogen-bond acceptors (Lipinski definition) is 7. The van der Waals surface area contributed by atoms with Crippen LogP contribution in [0, 0.1) is 13.8 Å². The Morgan fingerprint density at radius 2 is 1.85 bits per heavy atom. The van der Waals surface area contributed by atoms with Crippen molar-refractivity contribution in [1.29, 1.82) is 0 Å². The summed E-state index contributed by atoms with van der Waals surface area (Å²) in [6.45, 7) is 10.6. The molecule has 0 unspecified atom stereocenters. The van der Waals surface area contributed by atoms with Gasteiger partial charge in [-0.25, -0.2) is 9.97 Å². The smallest absolute Gasteiger partial charge is 0.187 e. The van der Waals surface area contributed by atoms with E-state index in [1.54, 1.807) is 11.3 Å². The van der Waals surface area contributed by atoms with E-state index in [0.717, 1.165) is 55.6 Å². The van der Waals surface area contributed by atoms with Crippen LogP contribution in [0.1, 0.15) is 35.5 Å². The monoisotopic (exact) mass is 374 g/mol. The molecule has 5 rings (SSSR count). The van der Waals surface area contributed by atoms with E-state index in [4.69, 9.17) is 19.4 Å². The van der Waals surface area contributed by atoms with Crippen molar-refractivity contribution in [3.63, 3.8) is 0 Å². The van der Waals surface area contributed by atoms with Crippen molar-refractivity contribution >= 4 is 27.4 Å². The zero-order valence-electron chi connectivity index (χ0n) is 15.6. The molecular formula is C19H26N4O2S. The second-order valence-electron chi connectivity index (χ2n) is 7.69. The highest BCUT2D eigenvalue weighted by Crippen LogP contribution is 2.39. The first kappa shape index (κ1) is 16.9. The van der Waals surface area contributed by atoms with Gasteiger partial charge in [-0.2, -0.15) is 0 Å². The number of likely N-dealkylation sites (tertiary alicyclic amines) is 1. The first-order chi connectivity index (χ1) is 12.6. The largest absolute Gasteiger partial charge is 0.350 e. The molecule has 2 aromatic rings. The molecule has 5 heterocycles. The fraction of sp³-hybridized carbons (Fsp3) is 0.684. The lowest BCUT2D eigenvalue weighted by molar-refractivity contribution is -0.137. The lowest BCUT2D eigenvalue weighted by Gasteiger charge is -2.24. The number of thiophene rings is 1. The predicted molar refractivity (Wildman–Crippen MR) is 103 cm³/mol. The second-order valence-corrected chi connectivity index (χ2v) is 8.89. The molecule has 3 aliphatic heterocycles. The van der Waals surface area contributed by atoms with Crippen LogP contribution in [-0.2, 0) is 16.0 Å². The minimum absolute atomic E-state index is 0.425. The Morgan fingerprint density at radius 1 is 1.08 bits per heavy atom. The number of nitrogens with zero attached hydrogens (tertiary/aromatic N) is 4. The van der Waals surface area contributed by atoms with Gasteiger partial charge in [0.05, 0.1) is 31.7 Å². The van der Waals surface area contributed by atoms with Gasteiger partial charge in [-0.05, 0) is 45.3 Å². The van der Waals surface area contributed by atoms with Crippen LogP contribution < -0.4 is 4.90 Å². The van der Waals surface area contributed by atoms with E-state index in [0.29, 0.717) is 13.2 Å². The minimum atomic E-state index is -0.425. The zero-order chi connectivity index (χ0) is 17.7. The standard InChI is InChI=1S/C19H26N4O2S/c1-13-14(2)26-18-16(13)17(20-15(21-18)11-22-6-3-4-7-22)23-8-5-19(12-23)24-9-10-25-19/h3-12H2,1-2H3. The molecule has 0 amide bonds. The Morgan fingerprint density at radius 3 is 2.62 bits per heavy atom. The van der Waals surface area contributed by atoms with Gasteiger partial charge in [-0.1, -0.05) is 0 Å². The number of ether oxygens (including phenoxy) is 2. The third kappa shape index (κ3) is 2.81. The van der Waals surface area contributed by atoms with Gasteiger partial charge in [0, 0.05) is 17.8 Å². The first-order valence-corrected chi connectivity index (χ1v) is 10.5. The summed E-state index contributed by atoms with van der Waals surface area (Å²) >= 11 is 1.79. The van der Waals surface area contributed by atoms with Gasteiger partial charge in [0.15, 0.2) is 5.79 Å². The van der Waals surface area contributed by atoms with E-state index >= 15 is 0 Å². The molecule has 6 nitrogen and oxygen atoms in total. The highest BCUT2D eigenvalue weighted by molar-refractivity contribution is 7.18. The second kappa shape index (κ2) is 6.41. The third-order valence-corrected chi connectivity index (χ3v) is 7.03. The predicted octanol–water partition coefficient (Wildman–Crippen LogP) is 2.86. The van der Waals surface area contributed by atoms with Crippen LogP contribution in [0.3, 0.4) is 0 Å². The molecule has 0 atom stereocenters. The average Bonchev–Trinajstić information content (AvgIpc) is 3.40. The lowest BCUT2D eigenvalue weighted by atomic mass is 10.2. The van der Waals surface area contributed by atoms with Crippen molar-refractivity contribution in [2.24, 2.45) is 0 Å².